The first-order valence-corrected chi connectivity index (χ1v) is 9.15. The van der Waals surface area contributed by atoms with Gasteiger partial charge < -0.3 is 0 Å². The fraction of sp³-hybridized carbons (Fsp3) is 0.0952. The smallest absolute Gasteiger partial charge is 0.267 e. The van der Waals surface area contributed by atoms with Crippen molar-refractivity contribution < 1.29 is 9.59 Å². The maximum Gasteiger partial charge on any atom is 0.271 e. The van der Waals surface area contributed by atoms with Crippen LogP contribution in [0.1, 0.15) is 32.0 Å². The number of halogens is 1. The molecule has 2 amide bonds. The molecule has 0 aliphatic carbocycles. The van der Waals surface area contributed by atoms with Crippen molar-refractivity contribution in [2.45, 2.75) is 13.8 Å². The van der Waals surface area contributed by atoms with Crippen LogP contribution >= 0.6 is 15.9 Å². The van der Waals surface area contributed by atoms with E-state index in [0.717, 1.165) is 21.3 Å². The molecule has 0 aliphatic rings. The largest absolute Gasteiger partial charge is 0.271 e. The van der Waals surface area contributed by atoms with Crippen LogP contribution in [-0.2, 0) is 0 Å². The summed E-state index contributed by atoms with van der Waals surface area (Å²) >= 11 is 3.44. The highest BCUT2D eigenvalue weighted by molar-refractivity contribution is 9.10. The van der Waals surface area contributed by atoms with Crippen molar-refractivity contribution in [3.05, 3.63) is 87.5 Å². The molecule has 0 bridgehead atoms. The van der Waals surface area contributed by atoms with Crippen molar-refractivity contribution in [2.75, 3.05) is 0 Å². The number of rotatable bonds is 3. The number of hydrazine groups is 1. The van der Waals surface area contributed by atoms with Gasteiger partial charge in [-0.25, -0.2) is 0 Å². The molecule has 0 fully saturated rings. The van der Waals surface area contributed by atoms with E-state index in [4.69, 9.17) is 0 Å². The summed E-state index contributed by atoms with van der Waals surface area (Å²) in [5.41, 5.74) is 8.94. The summed E-state index contributed by atoms with van der Waals surface area (Å²) in [5, 5.41) is 0. The number of nitrogens with one attached hydrogen (secondary N) is 2. The van der Waals surface area contributed by atoms with E-state index in [1.54, 1.807) is 31.2 Å². The zero-order chi connectivity index (χ0) is 19.4. The lowest BCUT2D eigenvalue weighted by Gasteiger charge is -2.11. The number of pyridine rings is 1. The summed E-state index contributed by atoms with van der Waals surface area (Å²) in [5.74, 6) is -0.777. The summed E-state index contributed by atoms with van der Waals surface area (Å²) in [6, 6.07) is 18.4. The molecule has 27 heavy (non-hydrogen) atoms. The molecular formula is C21H18BrN3O2. The van der Waals surface area contributed by atoms with Gasteiger partial charge in [-0.15, -0.1) is 0 Å². The summed E-state index contributed by atoms with van der Waals surface area (Å²) in [6.45, 7) is 3.60. The molecule has 0 aliphatic heterocycles. The van der Waals surface area contributed by atoms with E-state index in [-0.39, 0.29) is 5.91 Å². The fourth-order valence-electron chi connectivity index (χ4n) is 2.69. The lowest BCUT2D eigenvalue weighted by Crippen LogP contribution is -2.42. The average Bonchev–Trinajstić information content (AvgIpc) is 2.66. The first kappa shape index (κ1) is 18.8. The number of hydrogen-bond donors (Lipinski definition) is 2. The van der Waals surface area contributed by atoms with Crippen LogP contribution in [0.5, 0.6) is 0 Å². The monoisotopic (exact) mass is 423 g/mol. The van der Waals surface area contributed by atoms with Gasteiger partial charge in [-0.05, 0) is 49.7 Å². The summed E-state index contributed by atoms with van der Waals surface area (Å²) < 4.78 is 0.959. The molecule has 0 atom stereocenters. The first-order valence-electron chi connectivity index (χ1n) is 8.35. The molecule has 0 spiro atoms. The second-order valence-corrected chi connectivity index (χ2v) is 6.98. The van der Waals surface area contributed by atoms with E-state index in [1.165, 1.54) is 0 Å². The summed E-state index contributed by atoms with van der Waals surface area (Å²) in [6.07, 6.45) is 0. The minimum absolute atomic E-state index is 0.363. The van der Waals surface area contributed by atoms with Crippen LogP contribution < -0.4 is 10.9 Å². The van der Waals surface area contributed by atoms with Gasteiger partial charge in [-0.1, -0.05) is 46.3 Å². The van der Waals surface area contributed by atoms with E-state index < -0.39 is 5.91 Å². The molecule has 0 saturated heterocycles. The SMILES string of the molecule is Cc1ccccc1C(=O)NNC(=O)c1ccc(-c2cccc(Br)c2)nc1C. The molecule has 0 radical (unpaired) electrons. The van der Waals surface area contributed by atoms with E-state index in [2.05, 4.69) is 31.8 Å². The topological polar surface area (TPSA) is 71.1 Å². The Morgan fingerprint density at radius 1 is 0.852 bits per heavy atom. The van der Waals surface area contributed by atoms with Gasteiger partial charge in [0.2, 0.25) is 0 Å². The number of benzene rings is 2. The molecule has 0 saturated carbocycles. The van der Waals surface area contributed by atoms with Crippen molar-refractivity contribution in [3.63, 3.8) is 0 Å². The number of aryl methyl sites for hydroxylation is 2. The molecule has 0 unspecified atom stereocenters. The highest BCUT2D eigenvalue weighted by Crippen LogP contribution is 2.22. The molecule has 6 heteroatoms. The van der Waals surface area contributed by atoms with Gasteiger partial charge in [-0.3, -0.25) is 25.4 Å². The summed E-state index contributed by atoms with van der Waals surface area (Å²) in [7, 11) is 0. The van der Waals surface area contributed by atoms with Crippen LogP contribution in [0, 0.1) is 13.8 Å². The van der Waals surface area contributed by atoms with Crippen molar-refractivity contribution in [1.82, 2.24) is 15.8 Å². The number of amides is 2. The van der Waals surface area contributed by atoms with Crippen LogP contribution in [-0.4, -0.2) is 16.8 Å². The zero-order valence-electron chi connectivity index (χ0n) is 14.9. The predicted molar refractivity (Wildman–Crippen MR) is 108 cm³/mol. The Morgan fingerprint density at radius 2 is 1.56 bits per heavy atom. The maximum atomic E-state index is 12.4. The van der Waals surface area contributed by atoms with Crippen molar-refractivity contribution >= 4 is 27.7 Å². The van der Waals surface area contributed by atoms with Crippen LogP contribution in [0.3, 0.4) is 0 Å². The third-order valence-electron chi connectivity index (χ3n) is 4.13. The van der Waals surface area contributed by atoms with E-state index in [1.807, 2.05) is 43.3 Å². The van der Waals surface area contributed by atoms with Crippen LogP contribution in [0.15, 0.2) is 65.1 Å². The molecule has 1 heterocycles. The predicted octanol–water partition coefficient (Wildman–Crippen LogP) is 4.20. The van der Waals surface area contributed by atoms with Gasteiger partial charge in [0.15, 0.2) is 0 Å². The van der Waals surface area contributed by atoms with E-state index in [0.29, 0.717) is 16.8 Å². The quantitative estimate of drug-likeness (QED) is 0.619. The Labute approximate surface area is 165 Å². The summed E-state index contributed by atoms with van der Waals surface area (Å²) in [4.78, 5) is 29.1. The Balaban J connectivity index is 1.72. The van der Waals surface area contributed by atoms with Gasteiger partial charge in [0.25, 0.3) is 11.8 Å². The van der Waals surface area contributed by atoms with Crippen LogP contribution in [0.25, 0.3) is 11.3 Å². The van der Waals surface area contributed by atoms with E-state index >= 15 is 0 Å². The fourth-order valence-corrected chi connectivity index (χ4v) is 3.08. The van der Waals surface area contributed by atoms with Crippen LogP contribution in [0.2, 0.25) is 0 Å². The van der Waals surface area contributed by atoms with Gasteiger partial charge in [0.05, 0.1) is 17.0 Å². The Hall–Kier alpha value is -2.99. The number of aromatic nitrogens is 1. The zero-order valence-corrected chi connectivity index (χ0v) is 16.5. The highest BCUT2D eigenvalue weighted by atomic mass is 79.9. The highest BCUT2D eigenvalue weighted by Gasteiger charge is 2.14. The number of nitrogens with zero attached hydrogens (tertiary/aromatic N) is 1. The lowest BCUT2D eigenvalue weighted by atomic mass is 10.1. The number of carbonyl (C=O) groups is 2. The molecule has 136 valence electrons. The van der Waals surface area contributed by atoms with Crippen molar-refractivity contribution in [1.29, 1.82) is 0 Å². The standard InChI is InChI=1S/C21H18BrN3O2/c1-13-6-3-4-9-17(13)20(26)24-25-21(27)18-10-11-19(23-14(18)2)15-7-5-8-16(22)12-15/h3-12H,1-2H3,(H,24,26)(H,25,27). The Morgan fingerprint density at radius 3 is 2.22 bits per heavy atom. The lowest BCUT2D eigenvalue weighted by molar-refractivity contribution is 0.0845. The van der Waals surface area contributed by atoms with Crippen LogP contribution in [0.4, 0.5) is 0 Å². The number of hydrogen-bond acceptors (Lipinski definition) is 3. The third kappa shape index (κ3) is 4.41. The molecule has 3 rings (SSSR count). The normalized spacial score (nSPS) is 10.3. The van der Waals surface area contributed by atoms with Gasteiger partial charge in [0, 0.05) is 15.6 Å². The van der Waals surface area contributed by atoms with Crippen molar-refractivity contribution in [3.8, 4) is 11.3 Å². The Bertz CT molecular complexity index is 1020. The van der Waals surface area contributed by atoms with Gasteiger partial charge in [0.1, 0.15) is 0 Å². The third-order valence-corrected chi connectivity index (χ3v) is 4.62. The molecule has 5 nitrogen and oxygen atoms in total. The second-order valence-electron chi connectivity index (χ2n) is 6.06. The molecule has 3 aromatic rings. The second kappa shape index (κ2) is 8.14. The average molecular weight is 424 g/mol. The first-order chi connectivity index (χ1) is 13.0. The minimum atomic E-state index is -0.414. The molecule has 2 aromatic carbocycles. The molecule has 1 aromatic heterocycles. The van der Waals surface area contributed by atoms with Gasteiger partial charge in [-0.2, -0.15) is 0 Å². The maximum absolute atomic E-state index is 12.4. The minimum Gasteiger partial charge on any atom is -0.267 e. The van der Waals surface area contributed by atoms with Gasteiger partial charge >= 0.3 is 0 Å². The van der Waals surface area contributed by atoms with Crippen molar-refractivity contribution in [2.24, 2.45) is 0 Å². The molecule has 2 N–H and O–H groups in total. The number of carbonyl (C=O) groups excluding carboxylic acids is 2. The molecular weight excluding hydrogens is 406 g/mol. The van der Waals surface area contributed by atoms with E-state index in [9.17, 15) is 9.59 Å². The Kier molecular flexibility index (Phi) is 5.66.